The van der Waals surface area contributed by atoms with Crippen LogP contribution in [0.25, 0.3) is 0 Å². The van der Waals surface area contributed by atoms with Gasteiger partial charge in [0.25, 0.3) is 0 Å². The zero-order valence-electron chi connectivity index (χ0n) is 19.2. The Morgan fingerprint density at radius 1 is 0.879 bits per heavy atom. The van der Waals surface area contributed by atoms with Crippen LogP contribution >= 0.6 is 0 Å². The van der Waals surface area contributed by atoms with Crippen molar-refractivity contribution in [1.82, 2.24) is 14.3 Å². The molecule has 1 heterocycles. The number of hydrogen-bond donors (Lipinski definition) is 1. The average Bonchev–Trinajstić information content (AvgIpc) is 2.84. The van der Waals surface area contributed by atoms with E-state index in [1.54, 1.807) is 50.9 Å². The summed E-state index contributed by atoms with van der Waals surface area (Å²) in [4.78, 5) is 8.21. The normalized spacial score (nSPS) is 13.5. The smallest absolute Gasteiger partial charge is 0.220 e. The van der Waals surface area contributed by atoms with E-state index in [9.17, 15) is 13.5 Å². The van der Waals surface area contributed by atoms with E-state index in [1.807, 2.05) is 31.2 Å². The third-order valence-electron chi connectivity index (χ3n) is 5.38. The second kappa shape index (κ2) is 10.7. The third kappa shape index (κ3) is 6.07. The van der Waals surface area contributed by atoms with Crippen molar-refractivity contribution in [2.75, 3.05) is 14.2 Å². The Bertz CT molecular complexity index is 1080. The van der Waals surface area contributed by atoms with E-state index in [4.69, 9.17) is 9.47 Å². The number of aliphatic hydroxyl groups excluding tert-OH is 1. The summed E-state index contributed by atoms with van der Waals surface area (Å²) in [6.07, 6.45) is 1.74. The van der Waals surface area contributed by atoms with Crippen LogP contribution in [0, 0.1) is 6.92 Å². The predicted molar refractivity (Wildman–Crippen MR) is 125 cm³/mol. The van der Waals surface area contributed by atoms with Crippen molar-refractivity contribution >= 4 is 10.0 Å². The van der Waals surface area contributed by atoms with E-state index >= 15 is 0 Å². The van der Waals surface area contributed by atoms with Gasteiger partial charge in [-0.25, -0.2) is 18.4 Å². The van der Waals surface area contributed by atoms with Crippen LogP contribution in [0.3, 0.4) is 0 Å². The maximum absolute atomic E-state index is 13.6. The van der Waals surface area contributed by atoms with Crippen molar-refractivity contribution in [3.8, 4) is 11.5 Å². The number of benzene rings is 2. The molecular weight excluding hydrogens is 442 g/mol. The second-order valence-corrected chi connectivity index (χ2v) is 10.1. The minimum absolute atomic E-state index is 0.0746. The first-order valence-electron chi connectivity index (χ1n) is 10.5. The fourth-order valence-corrected chi connectivity index (χ4v) is 4.84. The molecule has 2 atom stereocenters. The fraction of sp³-hybridized carbons (Fsp3) is 0.333. The van der Waals surface area contributed by atoms with Gasteiger partial charge in [0.05, 0.1) is 14.2 Å². The lowest BCUT2D eigenvalue weighted by Crippen LogP contribution is -2.40. The van der Waals surface area contributed by atoms with E-state index in [0.29, 0.717) is 11.5 Å². The summed E-state index contributed by atoms with van der Waals surface area (Å²) in [5.74, 6) is 1.44. The van der Waals surface area contributed by atoms with E-state index in [2.05, 4.69) is 9.97 Å². The number of hydrogen-bond acceptors (Lipinski definition) is 7. The molecule has 0 bridgehead atoms. The molecule has 0 aliphatic rings. The van der Waals surface area contributed by atoms with Crippen molar-refractivity contribution in [3.63, 3.8) is 0 Å². The lowest BCUT2D eigenvalue weighted by molar-refractivity contribution is 0.162. The quantitative estimate of drug-likeness (QED) is 0.484. The monoisotopic (exact) mass is 471 g/mol. The van der Waals surface area contributed by atoms with Gasteiger partial charge in [0, 0.05) is 25.5 Å². The lowest BCUT2D eigenvalue weighted by atomic mass is 10.2. The Kier molecular flexibility index (Phi) is 8.01. The Balaban J connectivity index is 1.91. The number of aromatic nitrogens is 2. The van der Waals surface area contributed by atoms with Crippen LogP contribution in [0.4, 0.5) is 0 Å². The van der Waals surface area contributed by atoms with Crippen LogP contribution in [0.1, 0.15) is 35.5 Å². The predicted octanol–water partition coefficient (Wildman–Crippen LogP) is 3.26. The van der Waals surface area contributed by atoms with E-state index in [0.717, 1.165) is 16.7 Å². The molecule has 2 aromatic carbocycles. The van der Waals surface area contributed by atoms with Crippen LogP contribution in [0.15, 0.2) is 60.9 Å². The molecule has 0 saturated heterocycles. The SMILES string of the molecule is COc1ccc(CN(Cc2ccc(OC)cc2)S(=O)(=O)C(C)[C@H](O)c2ncc(C)cn2)cc1. The minimum atomic E-state index is -3.95. The maximum Gasteiger partial charge on any atom is 0.220 e. The summed E-state index contributed by atoms with van der Waals surface area (Å²) in [6, 6.07) is 14.4. The number of rotatable bonds is 10. The highest BCUT2D eigenvalue weighted by Crippen LogP contribution is 2.26. The van der Waals surface area contributed by atoms with Gasteiger partial charge < -0.3 is 14.6 Å². The van der Waals surface area contributed by atoms with Gasteiger partial charge >= 0.3 is 0 Å². The summed E-state index contributed by atoms with van der Waals surface area (Å²) >= 11 is 0. The first-order valence-corrected chi connectivity index (χ1v) is 12.0. The van der Waals surface area contributed by atoms with Crippen molar-refractivity contribution < 1.29 is 23.0 Å². The molecule has 0 saturated carbocycles. The number of aryl methyl sites for hydroxylation is 1. The van der Waals surface area contributed by atoms with Crippen LogP contribution in [-0.4, -0.2) is 47.3 Å². The van der Waals surface area contributed by atoms with Crippen molar-refractivity contribution in [1.29, 1.82) is 0 Å². The van der Waals surface area contributed by atoms with Gasteiger partial charge in [-0.15, -0.1) is 0 Å². The molecule has 3 aromatic rings. The highest BCUT2D eigenvalue weighted by molar-refractivity contribution is 7.89. The van der Waals surface area contributed by atoms with Gasteiger partial charge in [0.2, 0.25) is 10.0 Å². The lowest BCUT2D eigenvalue weighted by Gasteiger charge is -2.28. The first kappa shape index (κ1) is 24.6. The van der Waals surface area contributed by atoms with E-state index in [1.165, 1.54) is 11.2 Å². The summed E-state index contributed by atoms with van der Waals surface area (Å²) in [5.41, 5.74) is 2.41. The molecule has 9 heteroatoms. The molecule has 0 amide bonds. The maximum atomic E-state index is 13.6. The highest BCUT2D eigenvalue weighted by atomic mass is 32.2. The molecule has 1 N–H and O–H groups in total. The molecule has 0 aliphatic carbocycles. The molecule has 176 valence electrons. The van der Waals surface area contributed by atoms with Crippen molar-refractivity contribution in [3.05, 3.63) is 83.4 Å². The number of methoxy groups -OCH3 is 2. The van der Waals surface area contributed by atoms with Crippen LogP contribution in [-0.2, 0) is 23.1 Å². The largest absolute Gasteiger partial charge is 0.497 e. The zero-order chi connectivity index (χ0) is 24.0. The summed E-state index contributed by atoms with van der Waals surface area (Å²) in [7, 11) is -0.795. The molecule has 8 nitrogen and oxygen atoms in total. The molecule has 1 unspecified atom stereocenters. The van der Waals surface area contributed by atoms with Crippen LogP contribution in [0.2, 0.25) is 0 Å². The van der Waals surface area contributed by atoms with E-state index < -0.39 is 21.4 Å². The van der Waals surface area contributed by atoms with Crippen molar-refractivity contribution in [2.24, 2.45) is 0 Å². The Morgan fingerprint density at radius 3 is 1.70 bits per heavy atom. The molecule has 1 aromatic heterocycles. The van der Waals surface area contributed by atoms with E-state index in [-0.39, 0.29) is 18.9 Å². The van der Waals surface area contributed by atoms with Gasteiger partial charge in [0.15, 0.2) is 5.82 Å². The van der Waals surface area contributed by atoms with Gasteiger partial charge in [-0.1, -0.05) is 24.3 Å². The van der Waals surface area contributed by atoms with Gasteiger partial charge in [-0.2, -0.15) is 4.31 Å². The second-order valence-electron chi connectivity index (χ2n) is 7.78. The highest BCUT2D eigenvalue weighted by Gasteiger charge is 2.36. The molecule has 33 heavy (non-hydrogen) atoms. The number of nitrogens with zero attached hydrogens (tertiary/aromatic N) is 3. The number of aliphatic hydroxyl groups is 1. The van der Waals surface area contributed by atoms with Crippen LogP contribution < -0.4 is 9.47 Å². The topological polar surface area (TPSA) is 102 Å². The molecule has 0 radical (unpaired) electrons. The molecule has 0 aliphatic heterocycles. The Hall–Kier alpha value is -3.01. The molecule has 0 fully saturated rings. The number of ether oxygens (including phenoxy) is 2. The molecule has 0 spiro atoms. The third-order valence-corrected chi connectivity index (χ3v) is 7.55. The number of sulfonamides is 1. The van der Waals surface area contributed by atoms with Gasteiger partial charge in [0.1, 0.15) is 22.9 Å². The molecular formula is C24H29N3O5S. The van der Waals surface area contributed by atoms with Crippen LogP contribution in [0.5, 0.6) is 11.5 Å². The standard InChI is InChI=1S/C24H29N3O5S/c1-17-13-25-24(26-14-17)23(28)18(2)33(29,30)27(15-19-5-9-21(31-3)10-6-19)16-20-7-11-22(32-4)12-8-20/h5-14,18,23,28H,15-16H2,1-4H3/t18?,23-/m0/s1. The Labute approximate surface area is 194 Å². The zero-order valence-corrected chi connectivity index (χ0v) is 20.0. The fourth-order valence-electron chi connectivity index (χ4n) is 3.27. The average molecular weight is 472 g/mol. The molecule has 3 rings (SSSR count). The van der Waals surface area contributed by atoms with Gasteiger partial charge in [-0.05, 0) is 54.8 Å². The summed E-state index contributed by atoms with van der Waals surface area (Å²) in [5, 5.41) is 9.61. The first-order chi connectivity index (χ1) is 15.7. The van der Waals surface area contributed by atoms with Gasteiger partial charge in [-0.3, -0.25) is 0 Å². The Morgan fingerprint density at radius 2 is 1.30 bits per heavy atom. The summed E-state index contributed by atoms with van der Waals surface area (Å²) in [6.45, 7) is 3.55. The summed E-state index contributed by atoms with van der Waals surface area (Å²) < 4.78 is 39.0. The minimum Gasteiger partial charge on any atom is -0.497 e. The van der Waals surface area contributed by atoms with Crippen molar-refractivity contribution in [2.45, 2.75) is 38.3 Å².